The molecule has 4 nitrogen and oxygen atoms in total. The number of esters is 1. The molecule has 0 aliphatic rings. The molecule has 5 heteroatoms. The predicted molar refractivity (Wildman–Crippen MR) is 42.9 cm³/mol. The van der Waals surface area contributed by atoms with Crippen molar-refractivity contribution < 1.29 is 23.8 Å². The second-order valence-corrected chi connectivity index (χ2v) is 2.23. The molecule has 0 aliphatic carbocycles. The third-order valence-electron chi connectivity index (χ3n) is 1.25. The number of aliphatic hydroxyl groups is 1. The fraction of sp³-hybridized carbons (Fsp3) is 0.500. The monoisotopic (exact) mass is 190 g/mol. The van der Waals surface area contributed by atoms with Crippen LogP contribution in [0.1, 0.15) is 13.8 Å². The highest BCUT2D eigenvalue weighted by atomic mass is 19.1. The maximum atomic E-state index is 11.9. The van der Waals surface area contributed by atoms with E-state index in [1.54, 1.807) is 6.92 Å². The molecule has 0 saturated heterocycles. The molecule has 0 heterocycles. The quantitative estimate of drug-likeness (QED) is 0.235. The number of allylic oxidation sites excluding steroid dienone is 1. The summed E-state index contributed by atoms with van der Waals surface area (Å²) in [5.74, 6) is -2.59. The van der Waals surface area contributed by atoms with Gasteiger partial charge in [0.1, 0.15) is 18.0 Å². The Morgan fingerprint density at radius 1 is 1.46 bits per heavy atom. The van der Waals surface area contributed by atoms with E-state index in [4.69, 9.17) is 5.11 Å². The van der Waals surface area contributed by atoms with Gasteiger partial charge in [0.25, 0.3) is 0 Å². The van der Waals surface area contributed by atoms with Crippen LogP contribution in [-0.4, -0.2) is 30.1 Å². The largest absolute Gasteiger partial charge is 0.508 e. The first-order chi connectivity index (χ1) is 6.04. The molecule has 0 amide bonds. The zero-order valence-electron chi connectivity index (χ0n) is 7.46. The van der Waals surface area contributed by atoms with E-state index < -0.39 is 29.8 Å². The van der Waals surface area contributed by atoms with E-state index in [2.05, 4.69) is 4.74 Å². The average Bonchev–Trinajstić information content (AvgIpc) is 2.04. The van der Waals surface area contributed by atoms with E-state index >= 15 is 0 Å². The van der Waals surface area contributed by atoms with Crippen molar-refractivity contribution in [2.75, 3.05) is 13.3 Å². The van der Waals surface area contributed by atoms with E-state index in [0.29, 0.717) is 0 Å². The van der Waals surface area contributed by atoms with Crippen LogP contribution >= 0.6 is 0 Å². The summed E-state index contributed by atoms with van der Waals surface area (Å²) in [6.45, 7) is 1.41. The summed E-state index contributed by atoms with van der Waals surface area (Å²) >= 11 is 0. The molecule has 0 aliphatic heterocycles. The summed E-state index contributed by atoms with van der Waals surface area (Å²) in [5, 5.41) is 8.87. The second-order valence-electron chi connectivity index (χ2n) is 2.23. The van der Waals surface area contributed by atoms with Gasteiger partial charge in [-0.05, 0) is 13.8 Å². The van der Waals surface area contributed by atoms with E-state index in [1.807, 2.05) is 0 Å². The summed E-state index contributed by atoms with van der Waals surface area (Å²) in [6, 6.07) is 0. The smallest absolute Gasteiger partial charge is 0.345 e. The Morgan fingerprint density at radius 2 is 2.00 bits per heavy atom. The normalized spacial score (nSPS) is 11.9. The van der Waals surface area contributed by atoms with E-state index in [9.17, 15) is 14.0 Å². The van der Waals surface area contributed by atoms with Crippen LogP contribution in [0.4, 0.5) is 4.39 Å². The molecule has 0 saturated carbocycles. The SMILES string of the molecule is CCOC(=O)/C(C(C)=O)=C(/O)CF. The lowest BCUT2D eigenvalue weighted by atomic mass is 10.1. The molecule has 0 bridgehead atoms. The van der Waals surface area contributed by atoms with Crippen molar-refractivity contribution in [3.8, 4) is 0 Å². The third-order valence-corrected chi connectivity index (χ3v) is 1.25. The number of halogens is 1. The highest BCUT2D eigenvalue weighted by molar-refractivity contribution is 6.16. The molecule has 0 unspecified atom stereocenters. The number of rotatable bonds is 4. The molecule has 0 aromatic carbocycles. The number of Topliss-reactive ketones (excluding diaryl/α,β-unsaturated/α-hetero) is 1. The van der Waals surface area contributed by atoms with Crippen LogP contribution in [0, 0.1) is 0 Å². The molecular formula is C8H11FO4. The van der Waals surface area contributed by atoms with Crippen molar-refractivity contribution in [1.82, 2.24) is 0 Å². The number of ketones is 1. The summed E-state index contributed by atoms with van der Waals surface area (Å²) in [5.41, 5.74) is -0.621. The first kappa shape index (κ1) is 11.6. The molecule has 0 atom stereocenters. The first-order valence-electron chi connectivity index (χ1n) is 3.70. The fourth-order valence-corrected chi connectivity index (χ4v) is 0.735. The standard InChI is InChI=1S/C8H11FO4/c1-3-13-8(12)7(5(2)10)6(11)4-9/h11H,3-4H2,1-2H3/b7-6+. The van der Waals surface area contributed by atoms with Crippen LogP contribution in [0.3, 0.4) is 0 Å². The lowest BCUT2D eigenvalue weighted by Gasteiger charge is -2.04. The molecule has 74 valence electrons. The molecule has 0 fully saturated rings. The second kappa shape index (κ2) is 5.29. The minimum Gasteiger partial charge on any atom is -0.508 e. The van der Waals surface area contributed by atoms with Gasteiger partial charge in [-0.1, -0.05) is 0 Å². The molecule has 13 heavy (non-hydrogen) atoms. The van der Waals surface area contributed by atoms with Gasteiger partial charge >= 0.3 is 5.97 Å². The average molecular weight is 190 g/mol. The Balaban J connectivity index is 4.82. The Morgan fingerprint density at radius 3 is 2.31 bits per heavy atom. The number of carbonyl (C=O) groups is 2. The van der Waals surface area contributed by atoms with Crippen LogP contribution in [0.5, 0.6) is 0 Å². The molecule has 0 rings (SSSR count). The molecule has 0 spiro atoms. The number of ether oxygens (including phenoxy) is 1. The van der Waals surface area contributed by atoms with Gasteiger partial charge in [0, 0.05) is 0 Å². The van der Waals surface area contributed by atoms with Crippen LogP contribution < -0.4 is 0 Å². The molecule has 0 aromatic rings. The topological polar surface area (TPSA) is 63.6 Å². The number of aliphatic hydroxyl groups excluding tert-OH is 1. The predicted octanol–water partition coefficient (Wildman–Crippen LogP) is 0.920. The number of hydrogen-bond donors (Lipinski definition) is 1. The van der Waals surface area contributed by atoms with Crippen molar-refractivity contribution in [2.45, 2.75) is 13.8 Å². The maximum Gasteiger partial charge on any atom is 0.345 e. The van der Waals surface area contributed by atoms with E-state index in [0.717, 1.165) is 6.92 Å². The van der Waals surface area contributed by atoms with Gasteiger partial charge in [0.2, 0.25) is 0 Å². The van der Waals surface area contributed by atoms with Crippen molar-refractivity contribution >= 4 is 11.8 Å². The van der Waals surface area contributed by atoms with Crippen molar-refractivity contribution in [3.63, 3.8) is 0 Å². The van der Waals surface area contributed by atoms with Gasteiger partial charge in [-0.15, -0.1) is 0 Å². The molecule has 0 radical (unpaired) electrons. The first-order valence-corrected chi connectivity index (χ1v) is 3.70. The molecular weight excluding hydrogens is 179 g/mol. The van der Waals surface area contributed by atoms with Gasteiger partial charge in [0.15, 0.2) is 5.78 Å². The van der Waals surface area contributed by atoms with Gasteiger partial charge in [0.05, 0.1) is 6.61 Å². The Hall–Kier alpha value is -1.39. The highest BCUT2D eigenvalue weighted by Crippen LogP contribution is 2.06. The van der Waals surface area contributed by atoms with Crippen molar-refractivity contribution in [3.05, 3.63) is 11.3 Å². The third kappa shape index (κ3) is 3.23. The van der Waals surface area contributed by atoms with Gasteiger partial charge in [-0.3, -0.25) is 4.79 Å². The lowest BCUT2D eigenvalue weighted by Crippen LogP contribution is -2.16. The zero-order valence-corrected chi connectivity index (χ0v) is 7.46. The van der Waals surface area contributed by atoms with Crippen LogP contribution in [0.15, 0.2) is 11.3 Å². The van der Waals surface area contributed by atoms with Gasteiger partial charge in [-0.25, -0.2) is 9.18 Å². The van der Waals surface area contributed by atoms with Crippen molar-refractivity contribution in [1.29, 1.82) is 0 Å². The molecule has 0 aromatic heterocycles. The summed E-state index contributed by atoms with van der Waals surface area (Å²) in [7, 11) is 0. The van der Waals surface area contributed by atoms with E-state index in [1.165, 1.54) is 0 Å². The Labute approximate surface area is 75.0 Å². The lowest BCUT2D eigenvalue weighted by molar-refractivity contribution is -0.140. The summed E-state index contributed by atoms with van der Waals surface area (Å²) in [4.78, 5) is 21.7. The highest BCUT2D eigenvalue weighted by Gasteiger charge is 2.20. The van der Waals surface area contributed by atoms with Crippen LogP contribution in [0.25, 0.3) is 0 Å². The zero-order chi connectivity index (χ0) is 10.4. The minimum atomic E-state index is -1.26. The van der Waals surface area contributed by atoms with Crippen LogP contribution in [-0.2, 0) is 14.3 Å². The summed E-state index contributed by atoms with van der Waals surface area (Å²) < 4.78 is 16.4. The number of hydrogen-bond acceptors (Lipinski definition) is 4. The van der Waals surface area contributed by atoms with Crippen LogP contribution in [0.2, 0.25) is 0 Å². The fourth-order valence-electron chi connectivity index (χ4n) is 0.735. The molecule has 1 N–H and O–H groups in total. The number of carbonyl (C=O) groups excluding carboxylic acids is 2. The van der Waals surface area contributed by atoms with Gasteiger partial charge in [-0.2, -0.15) is 0 Å². The summed E-state index contributed by atoms with van der Waals surface area (Å²) in [6.07, 6.45) is 0. The van der Waals surface area contributed by atoms with Gasteiger partial charge < -0.3 is 9.84 Å². The Bertz CT molecular complexity index is 245. The van der Waals surface area contributed by atoms with Crippen molar-refractivity contribution in [2.24, 2.45) is 0 Å². The maximum absolute atomic E-state index is 11.9. The Kier molecular flexibility index (Phi) is 4.72. The van der Waals surface area contributed by atoms with E-state index in [-0.39, 0.29) is 6.61 Å². The minimum absolute atomic E-state index is 0.0647. The number of alkyl halides is 1.